The van der Waals surface area contributed by atoms with E-state index < -0.39 is 0 Å². The van der Waals surface area contributed by atoms with Crippen molar-refractivity contribution in [2.75, 3.05) is 13.1 Å². The van der Waals surface area contributed by atoms with E-state index >= 15 is 0 Å². The summed E-state index contributed by atoms with van der Waals surface area (Å²) in [5, 5.41) is 3.54. The summed E-state index contributed by atoms with van der Waals surface area (Å²) >= 11 is 0. The molecule has 13 heavy (non-hydrogen) atoms. The first-order valence-corrected chi connectivity index (χ1v) is 5.75. The van der Waals surface area contributed by atoms with E-state index in [1.807, 2.05) is 0 Å². The molecule has 0 aromatic rings. The molecular weight excluding hydrogens is 158 g/mol. The lowest BCUT2D eigenvalue weighted by molar-refractivity contribution is 0.0525. The van der Waals surface area contributed by atoms with Gasteiger partial charge >= 0.3 is 0 Å². The molecule has 1 aliphatic carbocycles. The Balaban J connectivity index is 2.08. The quantitative estimate of drug-likeness (QED) is 0.606. The van der Waals surface area contributed by atoms with Gasteiger partial charge in [-0.1, -0.05) is 20.8 Å². The molecule has 1 nitrogen and oxygen atoms in total. The minimum Gasteiger partial charge on any atom is -0.316 e. The molecule has 1 saturated carbocycles. The molecule has 1 spiro atoms. The van der Waals surface area contributed by atoms with E-state index in [9.17, 15) is 0 Å². The molecule has 0 aromatic heterocycles. The van der Waals surface area contributed by atoms with Crippen LogP contribution in [0.4, 0.5) is 0 Å². The third-order valence-electron chi connectivity index (χ3n) is 4.48. The van der Waals surface area contributed by atoms with Gasteiger partial charge in [0.15, 0.2) is 0 Å². The molecule has 1 heterocycles. The zero-order chi connectivity index (χ0) is 9.53. The van der Waals surface area contributed by atoms with Crippen LogP contribution in [0.5, 0.6) is 0 Å². The number of rotatable bonds is 0. The lowest BCUT2D eigenvalue weighted by Gasteiger charge is -2.46. The molecule has 0 radical (unpaired) electrons. The second kappa shape index (κ2) is 2.98. The molecular formula is C12H23N. The van der Waals surface area contributed by atoms with Gasteiger partial charge in [-0.3, -0.25) is 0 Å². The van der Waals surface area contributed by atoms with Gasteiger partial charge in [0.25, 0.3) is 0 Å². The topological polar surface area (TPSA) is 12.0 Å². The highest BCUT2D eigenvalue weighted by molar-refractivity contribution is 4.97. The first-order chi connectivity index (χ1) is 6.04. The highest BCUT2D eigenvalue weighted by Crippen LogP contribution is 2.51. The summed E-state index contributed by atoms with van der Waals surface area (Å²) in [6.45, 7) is 9.86. The maximum absolute atomic E-state index is 3.54. The lowest BCUT2D eigenvalue weighted by Crippen LogP contribution is -2.39. The van der Waals surface area contributed by atoms with E-state index in [2.05, 4.69) is 26.1 Å². The van der Waals surface area contributed by atoms with Crippen molar-refractivity contribution >= 4 is 0 Å². The van der Waals surface area contributed by atoms with Crippen LogP contribution in [0.3, 0.4) is 0 Å². The van der Waals surface area contributed by atoms with E-state index in [0.717, 1.165) is 5.92 Å². The fourth-order valence-corrected chi connectivity index (χ4v) is 3.38. The Bertz CT molecular complexity index is 189. The van der Waals surface area contributed by atoms with Crippen molar-refractivity contribution in [1.82, 2.24) is 5.32 Å². The van der Waals surface area contributed by atoms with Gasteiger partial charge in [-0.25, -0.2) is 0 Å². The monoisotopic (exact) mass is 181 g/mol. The Kier molecular flexibility index (Phi) is 2.18. The minimum absolute atomic E-state index is 0.604. The summed E-state index contributed by atoms with van der Waals surface area (Å²) in [5.41, 5.74) is 1.28. The van der Waals surface area contributed by atoms with Crippen LogP contribution >= 0.6 is 0 Å². The van der Waals surface area contributed by atoms with Gasteiger partial charge in [0, 0.05) is 6.54 Å². The van der Waals surface area contributed by atoms with Crippen molar-refractivity contribution in [3.05, 3.63) is 0 Å². The molecule has 0 aromatic carbocycles. The van der Waals surface area contributed by atoms with Crippen LogP contribution in [0.1, 0.15) is 46.5 Å². The fraction of sp³-hybridized carbons (Fsp3) is 1.00. The van der Waals surface area contributed by atoms with Crippen LogP contribution < -0.4 is 5.32 Å². The van der Waals surface area contributed by atoms with Crippen molar-refractivity contribution < 1.29 is 0 Å². The van der Waals surface area contributed by atoms with Crippen LogP contribution in [0, 0.1) is 16.7 Å². The van der Waals surface area contributed by atoms with Crippen LogP contribution in [-0.4, -0.2) is 13.1 Å². The molecule has 1 aliphatic heterocycles. The average molecular weight is 181 g/mol. The zero-order valence-electron chi connectivity index (χ0n) is 9.32. The van der Waals surface area contributed by atoms with Crippen molar-refractivity contribution in [2.24, 2.45) is 16.7 Å². The van der Waals surface area contributed by atoms with Gasteiger partial charge in [-0.2, -0.15) is 0 Å². The van der Waals surface area contributed by atoms with Crippen LogP contribution in [-0.2, 0) is 0 Å². The number of hydrogen-bond donors (Lipinski definition) is 1. The Morgan fingerprint density at radius 1 is 1.15 bits per heavy atom. The molecule has 76 valence electrons. The molecule has 1 heteroatoms. The molecule has 1 N–H and O–H groups in total. The Hall–Kier alpha value is -0.0400. The molecule has 1 saturated heterocycles. The normalized spacial score (nSPS) is 44.1. The molecule has 2 unspecified atom stereocenters. The van der Waals surface area contributed by atoms with E-state index in [4.69, 9.17) is 0 Å². The van der Waals surface area contributed by atoms with E-state index in [0.29, 0.717) is 10.8 Å². The van der Waals surface area contributed by atoms with Crippen LogP contribution in [0.25, 0.3) is 0 Å². The average Bonchev–Trinajstić information content (AvgIpc) is 2.47. The summed E-state index contributed by atoms with van der Waals surface area (Å²) in [7, 11) is 0. The minimum atomic E-state index is 0.604. The van der Waals surface area contributed by atoms with Crippen molar-refractivity contribution in [2.45, 2.75) is 46.5 Å². The Morgan fingerprint density at radius 2 is 1.92 bits per heavy atom. The van der Waals surface area contributed by atoms with Crippen molar-refractivity contribution in [1.29, 1.82) is 0 Å². The largest absolute Gasteiger partial charge is 0.316 e. The zero-order valence-corrected chi connectivity index (χ0v) is 9.32. The summed E-state index contributed by atoms with van der Waals surface area (Å²) in [5.74, 6) is 0.922. The van der Waals surface area contributed by atoms with Crippen molar-refractivity contribution in [3.8, 4) is 0 Å². The highest BCUT2D eigenvalue weighted by atomic mass is 14.9. The molecule has 2 fully saturated rings. The molecule has 2 rings (SSSR count). The predicted octanol–water partition coefficient (Wildman–Crippen LogP) is 2.81. The van der Waals surface area contributed by atoms with Gasteiger partial charge in [0.05, 0.1) is 0 Å². The lowest BCUT2D eigenvalue weighted by atomic mass is 9.59. The van der Waals surface area contributed by atoms with E-state index in [1.165, 1.54) is 38.8 Å². The second-order valence-electron chi connectivity index (χ2n) is 6.06. The van der Waals surface area contributed by atoms with E-state index in [1.54, 1.807) is 0 Å². The Labute approximate surface area is 82.3 Å². The Morgan fingerprint density at radius 3 is 2.46 bits per heavy atom. The molecule has 0 bridgehead atoms. The number of nitrogens with one attached hydrogen (secondary N) is 1. The maximum Gasteiger partial charge on any atom is 0.00108 e. The summed E-state index contributed by atoms with van der Waals surface area (Å²) in [6, 6.07) is 0. The molecule has 0 amide bonds. The van der Waals surface area contributed by atoms with E-state index in [-0.39, 0.29) is 0 Å². The van der Waals surface area contributed by atoms with Gasteiger partial charge < -0.3 is 5.32 Å². The van der Waals surface area contributed by atoms with Gasteiger partial charge in [0.2, 0.25) is 0 Å². The van der Waals surface area contributed by atoms with Crippen LogP contribution in [0.15, 0.2) is 0 Å². The predicted molar refractivity (Wildman–Crippen MR) is 56.7 cm³/mol. The second-order valence-corrected chi connectivity index (χ2v) is 6.06. The van der Waals surface area contributed by atoms with Gasteiger partial charge in [-0.05, 0) is 49.0 Å². The fourth-order valence-electron chi connectivity index (χ4n) is 3.38. The van der Waals surface area contributed by atoms with Crippen LogP contribution in [0.2, 0.25) is 0 Å². The first kappa shape index (κ1) is 9.51. The first-order valence-electron chi connectivity index (χ1n) is 5.75. The SMILES string of the molecule is CC1CC(C)(C)CCC12CCNC2. The maximum atomic E-state index is 3.54. The standard InChI is InChI=1S/C12H23N/c1-10-8-11(2,3)4-5-12(10)6-7-13-9-12/h10,13H,4-9H2,1-3H3. The summed E-state index contributed by atoms with van der Waals surface area (Å²) in [4.78, 5) is 0. The summed E-state index contributed by atoms with van der Waals surface area (Å²) < 4.78 is 0. The summed E-state index contributed by atoms with van der Waals surface area (Å²) in [6.07, 6.45) is 5.73. The van der Waals surface area contributed by atoms with Gasteiger partial charge in [-0.15, -0.1) is 0 Å². The number of hydrogen-bond acceptors (Lipinski definition) is 1. The third-order valence-corrected chi connectivity index (χ3v) is 4.48. The molecule has 2 aliphatic rings. The van der Waals surface area contributed by atoms with Crippen molar-refractivity contribution in [3.63, 3.8) is 0 Å². The smallest absolute Gasteiger partial charge is 0.00108 e. The molecule has 2 atom stereocenters. The van der Waals surface area contributed by atoms with Gasteiger partial charge in [0.1, 0.15) is 0 Å². The third kappa shape index (κ3) is 1.63. The highest BCUT2D eigenvalue weighted by Gasteiger charge is 2.44.